The third-order valence-corrected chi connectivity index (χ3v) is 3.98. The van der Waals surface area contributed by atoms with E-state index in [4.69, 9.17) is 9.15 Å². The number of aryl methyl sites for hydroxylation is 1. The Kier molecular flexibility index (Phi) is 5.69. The van der Waals surface area contributed by atoms with Crippen molar-refractivity contribution in [1.29, 1.82) is 0 Å². The van der Waals surface area contributed by atoms with Crippen LogP contribution in [0.15, 0.2) is 37.6 Å². The lowest BCUT2D eigenvalue weighted by Gasteiger charge is -2.06. The number of ether oxygens (including phenoxy) is 1. The molecule has 0 spiro atoms. The Morgan fingerprint density at radius 1 is 1.25 bits per heavy atom. The Hall–Kier alpha value is -0.780. The second kappa shape index (κ2) is 7.29. The van der Waals surface area contributed by atoms with Gasteiger partial charge in [0.2, 0.25) is 0 Å². The smallest absolute Gasteiger partial charge is 0.146 e. The molecule has 0 saturated carbocycles. The Bertz CT molecular complexity index is 581. The minimum Gasteiger partial charge on any atom is -0.484 e. The molecule has 0 bridgehead atoms. The molecule has 3 nitrogen and oxygen atoms in total. The van der Waals surface area contributed by atoms with Gasteiger partial charge >= 0.3 is 0 Å². The first-order chi connectivity index (χ1) is 9.60. The fraction of sp³-hybridized carbons (Fsp3) is 0.333. The Morgan fingerprint density at radius 2 is 2.05 bits per heavy atom. The maximum Gasteiger partial charge on any atom is 0.146 e. The molecule has 1 aromatic heterocycles. The summed E-state index contributed by atoms with van der Waals surface area (Å²) in [7, 11) is 0. The first-order valence-corrected chi connectivity index (χ1v) is 8.05. The molecule has 1 N–H and O–H groups in total. The van der Waals surface area contributed by atoms with E-state index in [-0.39, 0.29) is 0 Å². The van der Waals surface area contributed by atoms with Crippen LogP contribution in [0, 0.1) is 6.92 Å². The van der Waals surface area contributed by atoms with Gasteiger partial charge in [0, 0.05) is 4.47 Å². The summed E-state index contributed by atoms with van der Waals surface area (Å²) < 4.78 is 13.5. The second-order valence-corrected chi connectivity index (χ2v) is 6.23. The summed E-state index contributed by atoms with van der Waals surface area (Å²) in [6, 6.07) is 7.85. The zero-order valence-electron chi connectivity index (χ0n) is 11.5. The quantitative estimate of drug-likeness (QED) is 0.753. The van der Waals surface area contributed by atoms with Gasteiger partial charge in [0.1, 0.15) is 23.9 Å². The number of rotatable bonds is 6. The van der Waals surface area contributed by atoms with E-state index in [9.17, 15) is 0 Å². The van der Waals surface area contributed by atoms with Crippen molar-refractivity contribution < 1.29 is 9.15 Å². The highest BCUT2D eigenvalue weighted by Gasteiger charge is 2.09. The Balaban J connectivity index is 2.00. The highest BCUT2D eigenvalue weighted by atomic mass is 79.9. The summed E-state index contributed by atoms with van der Waals surface area (Å²) in [5.41, 5.74) is 1.15. The lowest BCUT2D eigenvalue weighted by Crippen LogP contribution is -2.11. The van der Waals surface area contributed by atoms with E-state index in [1.807, 2.05) is 24.3 Å². The van der Waals surface area contributed by atoms with Crippen molar-refractivity contribution in [1.82, 2.24) is 5.32 Å². The van der Waals surface area contributed by atoms with Gasteiger partial charge in [0.15, 0.2) is 0 Å². The van der Waals surface area contributed by atoms with Crippen molar-refractivity contribution in [2.45, 2.75) is 27.0 Å². The molecule has 0 amide bonds. The number of halogens is 2. The summed E-state index contributed by atoms with van der Waals surface area (Å²) in [5, 5.41) is 3.26. The third kappa shape index (κ3) is 4.11. The maximum absolute atomic E-state index is 5.79. The lowest BCUT2D eigenvalue weighted by molar-refractivity contribution is 0.263. The summed E-state index contributed by atoms with van der Waals surface area (Å²) in [6.45, 7) is 6.23. The minimum atomic E-state index is 0.424. The van der Waals surface area contributed by atoms with E-state index in [1.165, 1.54) is 0 Å². The molecule has 0 unspecified atom stereocenters. The zero-order valence-corrected chi connectivity index (χ0v) is 14.7. The highest BCUT2D eigenvalue weighted by molar-refractivity contribution is 9.11. The fourth-order valence-corrected chi connectivity index (χ4v) is 2.98. The van der Waals surface area contributed by atoms with Gasteiger partial charge in [-0.15, -0.1) is 0 Å². The first kappa shape index (κ1) is 15.6. The van der Waals surface area contributed by atoms with E-state index >= 15 is 0 Å². The molecule has 0 aliphatic heterocycles. The number of benzene rings is 1. The van der Waals surface area contributed by atoms with Crippen LogP contribution in [0.3, 0.4) is 0 Å². The van der Waals surface area contributed by atoms with Gasteiger partial charge in [-0.3, -0.25) is 0 Å². The monoisotopic (exact) mass is 401 g/mol. The molecule has 0 fully saturated rings. The molecule has 0 radical (unpaired) electrons. The van der Waals surface area contributed by atoms with Crippen molar-refractivity contribution in [3.63, 3.8) is 0 Å². The van der Waals surface area contributed by atoms with Crippen molar-refractivity contribution in [2.24, 2.45) is 0 Å². The van der Waals surface area contributed by atoms with Gasteiger partial charge in [-0.2, -0.15) is 0 Å². The average Bonchev–Trinajstić information content (AvgIpc) is 2.76. The van der Waals surface area contributed by atoms with Gasteiger partial charge in [-0.05, 0) is 59.2 Å². The molecule has 1 aromatic carbocycles. The Labute approximate surface area is 136 Å². The SMILES string of the molecule is CCNCc1oc(COc2ccc(Br)cc2Br)cc1C. The maximum atomic E-state index is 5.79. The van der Waals surface area contributed by atoms with E-state index in [0.29, 0.717) is 6.61 Å². The molecule has 20 heavy (non-hydrogen) atoms. The number of furan rings is 1. The molecule has 1 heterocycles. The van der Waals surface area contributed by atoms with Crippen LogP contribution in [0.25, 0.3) is 0 Å². The standard InChI is InChI=1S/C15H17Br2NO2/c1-3-18-8-15-10(2)6-12(20-15)9-19-14-5-4-11(16)7-13(14)17/h4-7,18H,3,8-9H2,1-2H3. The number of hydrogen-bond donors (Lipinski definition) is 1. The van der Waals surface area contributed by atoms with E-state index in [2.05, 4.69) is 51.0 Å². The average molecular weight is 403 g/mol. The van der Waals surface area contributed by atoms with Gasteiger partial charge < -0.3 is 14.5 Å². The van der Waals surface area contributed by atoms with Gasteiger partial charge in [0.05, 0.1) is 11.0 Å². The summed E-state index contributed by atoms with van der Waals surface area (Å²) in [4.78, 5) is 0. The van der Waals surface area contributed by atoms with Crippen LogP contribution >= 0.6 is 31.9 Å². The lowest BCUT2D eigenvalue weighted by atomic mass is 10.2. The molecule has 2 aromatic rings. The van der Waals surface area contributed by atoms with Crippen LogP contribution in [0.1, 0.15) is 24.0 Å². The van der Waals surface area contributed by atoms with Crippen LogP contribution < -0.4 is 10.1 Å². The summed E-state index contributed by atoms with van der Waals surface area (Å²) in [6.07, 6.45) is 0. The van der Waals surface area contributed by atoms with Crippen LogP contribution in [0.4, 0.5) is 0 Å². The molecule has 0 aliphatic rings. The third-order valence-electron chi connectivity index (χ3n) is 2.87. The molecule has 0 saturated heterocycles. The topological polar surface area (TPSA) is 34.4 Å². The molecular weight excluding hydrogens is 386 g/mol. The van der Waals surface area contributed by atoms with Gasteiger partial charge in [0.25, 0.3) is 0 Å². The number of hydrogen-bond acceptors (Lipinski definition) is 3. The van der Waals surface area contributed by atoms with E-state index in [1.54, 1.807) is 0 Å². The predicted octanol–water partition coefficient (Wildman–Crippen LogP) is 4.80. The summed E-state index contributed by atoms with van der Waals surface area (Å²) in [5.74, 6) is 2.61. The molecular formula is C15H17Br2NO2. The molecule has 0 aliphatic carbocycles. The van der Waals surface area contributed by atoms with Crippen molar-refractivity contribution in [3.05, 3.63) is 50.3 Å². The van der Waals surface area contributed by atoms with Crippen molar-refractivity contribution in [3.8, 4) is 5.75 Å². The first-order valence-electron chi connectivity index (χ1n) is 6.47. The van der Waals surface area contributed by atoms with Crippen LogP contribution in [-0.2, 0) is 13.2 Å². The molecule has 108 valence electrons. The predicted molar refractivity (Wildman–Crippen MR) is 87.0 cm³/mol. The van der Waals surface area contributed by atoms with Crippen LogP contribution in [0.2, 0.25) is 0 Å². The number of nitrogens with one attached hydrogen (secondary N) is 1. The summed E-state index contributed by atoms with van der Waals surface area (Å²) >= 11 is 6.90. The molecule has 0 atom stereocenters. The fourth-order valence-electron chi connectivity index (χ4n) is 1.82. The highest BCUT2D eigenvalue weighted by Crippen LogP contribution is 2.29. The minimum absolute atomic E-state index is 0.424. The van der Waals surface area contributed by atoms with Gasteiger partial charge in [-0.1, -0.05) is 22.9 Å². The van der Waals surface area contributed by atoms with Crippen LogP contribution in [-0.4, -0.2) is 6.54 Å². The Morgan fingerprint density at radius 3 is 2.75 bits per heavy atom. The molecule has 5 heteroatoms. The molecule has 2 rings (SSSR count). The van der Waals surface area contributed by atoms with Crippen molar-refractivity contribution in [2.75, 3.05) is 6.54 Å². The van der Waals surface area contributed by atoms with Crippen LogP contribution in [0.5, 0.6) is 5.75 Å². The van der Waals surface area contributed by atoms with Crippen molar-refractivity contribution >= 4 is 31.9 Å². The van der Waals surface area contributed by atoms with E-state index < -0.39 is 0 Å². The normalized spacial score (nSPS) is 10.8. The zero-order chi connectivity index (χ0) is 14.5. The second-order valence-electron chi connectivity index (χ2n) is 4.46. The largest absolute Gasteiger partial charge is 0.484 e. The van der Waals surface area contributed by atoms with Gasteiger partial charge in [-0.25, -0.2) is 0 Å². The van der Waals surface area contributed by atoms with E-state index in [0.717, 1.165) is 44.9 Å².